The van der Waals surface area contributed by atoms with Gasteiger partial charge in [-0.05, 0) is 115 Å². The summed E-state index contributed by atoms with van der Waals surface area (Å²) in [5.74, 6) is 1.42. The highest BCUT2D eigenvalue weighted by Crippen LogP contribution is 2.42. The molecule has 0 amide bonds. The van der Waals surface area contributed by atoms with E-state index in [0.717, 1.165) is 56.7 Å². The molecular formula is C34H74O8Si4. The van der Waals surface area contributed by atoms with Crippen molar-refractivity contribution < 1.29 is 36.4 Å². The van der Waals surface area contributed by atoms with E-state index in [1.165, 1.54) is 25.7 Å². The number of carbonyl (C=O) groups is 1. The third kappa shape index (κ3) is 14.5. The SMILES string of the molecule is C.C.C.C.C[SiH](C)CO[Si](C)(C)O[SiH](CCC1CCC2OC2C1)O[Si](C)(C)C.O=C(OCC1CCC2OC2C1)C1CCC2OC2C1. The second-order valence-electron chi connectivity index (χ2n) is 15.6. The van der Waals surface area contributed by atoms with E-state index in [4.69, 9.17) is 31.6 Å². The highest BCUT2D eigenvalue weighted by Gasteiger charge is 2.47. The fourth-order valence-corrected chi connectivity index (χ4v) is 18.2. The molecule has 0 aromatic carbocycles. The Morgan fingerprint density at radius 2 is 1.22 bits per heavy atom. The van der Waals surface area contributed by atoms with Gasteiger partial charge in [0.2, 0.25) is 0 Å². The van der Waals surface area contributed by atoms with Crippen molar-refractivity contribution in [2.45, 2.75) is 182 Å². The monoisotopic (exact) mass is 722 g/mol. The van der Waals surface area contributed by atoms with E-state index in [-0.39, 0.29) is 41.6 Å². The van der Waals surface area contributed by atoms with Crippen molar-refractivity contribution in [3.63, 3.8) is 0 Å². The topological polar surface area (TPSA) is 91.6 Å². The van der Waals surface area contributed by atoms with Gasteiger partial charge in [-0.1, -0.05) is 42.8 Å². The molecule has 6 aliphatic rings. The molecule has 8 nitrogen and oxygen atoms in total. The van der Waals surface area contributed by atoms with E-state index in [2.05, 4.69) is 45.8 Å². The molecule has 6 fully saturated rings. The van der Waals surface area contributed by atoms with Gasteiger partial charge < -0.3 is 31.6 Å². The standard InChI is InChI=1S/C16H38O4Si4.C14H20O4.4CH4/c1-21(2)13-17-24(6,7)20-22(19-23(3,4)5)11-10-14-8-9-15-16(12-14)18-15;15-14(9-2-4-11-13(6-9)18-11)16-7-8-1-3-10-12(5-8)17-10;;;;/h14-16,21-22H,8-13H2,1-7H3;8-13H,1-7H2;4*1H4. The summed E-state index contributed by atoms with van der Waals surface area (Å²) < 4.78 is 41.4. The first-order chi connectivity index (χ1) is 19.8. The van der Waals surface area contributed by atoms with E-state index in [1.807, 2.05) is 0 Å². The van der Waals surface area contributed by atoms with Gasteiger partial charge in [0, 0.05) is 6.23 Å². The van der Waals surface area contributed by atoms with Crippen molar-refractivity contribution in [1.29, 1.82) is 0 Å². The summed E-state index contributed by atoms with van der Waals surface area (Å²) in [6.45, 7) is 16.5. The van der Waals surface area contributed by atoms with E-state index in [9.17, 15) is 4.79 Å². The molecular weight excluding hydrogens is 649 g/mol. The van der Waals surface area contributed by atoms with Gasteiger partial charge in [-0.2, -0.15) is 0 Å². The Hall–Kier alpha value is 0.0975. The Morgan fingerprint density at radius 1 is 0.696 bits per heavy atom. The zero-order chi connectivity index (χ0) is 30.1. The van der Waals surface area contributed by atoms with Crippen molar-refractivity contribution in [1.82, 2.24) is 0 Å². The Labute approximate surface area is 289 Å². The molecule has 0 bridgehead atoms. The van der Waals surface area contributed by atoms with Crippen LogP contribution in [0.1, 0.15) is 93.9 Å². The summed E-state index contributed by atoms with van der Waals surface area (Å²) in [5, 5.41) is 0. The Morgan fingerprint density at radius 3 is 1.74 bits per heavy atom. The van der Waals surface area contributed by atoms with Crippen molar-refractivity contribution >= 4 is 40.9 Å². The average Bonchev–Trinajstić information content (AvgIpc) is 3.80. The van der Waals surface area contributed by atoms with Crippen LogP contribution in [0.25, 0.3) is 0 Å². The number of hydrogen-bond acceptors (Lipinski definition) is 8. The van der Waals surface area contributed by atoms with E-state index >= 15 is 0 Å². The quantitative estimate of drug-likeness (QED) is 0.107. The molecule has 3 aliphatic carbocycles. The summed E-state index contributed by atoms with van der Waals surface area (Å²) in [5.41, 5.74) is 0. The largest absolute Gasteiger partial charge is 0.465 e. The summed E-state index contributed by atoms with van der Waals surface area (Å²) in [6, 6.07) is 1.13. The molecule has 0 aromatic rings. The van der Waals surface area contributed by atoms with E-state index < -0.39 is 35.0 Å². The average molecular weight is 723 g/mol. The normalized spacial score (nSPS) is 34.1. The van der Waals surface area contributed by atoms with Crippen LogP contribution in [-0.4, -0.2) is 90.4 Å². The van der Waals surface area contributed by atoms with Crippen LogP contribution >= 0.6 is 0 Å². The number of carbonyl (C=O) groups excluding carboxylic acids is 1. The van der Waals surface area contributed by atoms with Crippen LogP contribution in [0.5, 0.6) is 0 Å². The summed E-state index contributed by atoms with van der Waals surface area (Å²) in [7, 11) is -5.97. The van der Waals surface area contributed by atoms with Gasteiger partial charge in [-0.15, -0.1) is 0 Å². The van der Waals surface area contributed by atoms with E-state index in [1.54, 1.807) is 0 Å². The lowest BCUT2D eigenvalue weighted by Gasteiger charge is -2.33. The molecule has 12 heteroatoms. The second kappa shape index (κ2) is 18.9. The molecule has 6 rings (SSSR count). The maximum Gasteiger partial charge on any atom is 0.322 e. The number of esters is 1. The lowest BCUT2D eigenvalue weighted by Crippen LogP contribution is -2.47. The van der Waals surface area contributed by atoms with Crippen LogP contribution < -0.4 is 0 Å². The maximum absolute atomic E-state index is 12.0. The number of hydrogen-bond donors (Lipinski definition) is 0. The number of rotatable bonds is 13. The van der Waals surface area contributed by atoms with Crippen LogP contribution in [0.3, 0.4) is 0 Å². The van der Waals surface area contributed by atoms with Crippen LogP contribution in [-0.2, 0) is 36.4 Å². The lowest BCUT2D eigenvalue weighted by molar-refractivity contribution is -0.151. The number of ether oxygens (including phenoxy) is 4. The minimum atomic E-state index is -2.05. The first kappa shape index (κ1) is 44.1. The molecule has 3 heterocycles. The predicted molar refractivity (Wildman–Crippen MR) is 200 cm³/mol. The van der Waals surface area contributed by atoms with Crippen LogP contribution in [0, 0.1) is 17.8 Å². The fraction of sp³-hybridized carbons (Fsp3) is 0.971. The molecule has 0 aromatic heterocycles. The molecule has 3 saturated carbocycles. The van der Waals surface area contributed by atoms with Crippen LogP contribution in [0.2, 0.25) is 51.9 Å². The first-order valence-corrected chi connectivity index (χ1v) is 28.1. The van der Waals surface area contributed by atoms with Crippen LogP contribution in [0.4, 0.5) is 0 Å². The number of epoxide rings is 3. The zero-order valence-electron chi connectivity index (χ0n) is 27.3. The Bertz CT molecular complexity index is 903. The van der Waals surface area contributed by atoms with Crippen molar-refractivity contribution in [2.24, 2.45) is 17.8 Å². The van der Waals surface area contributed by atoms with Gasteiger partial charge in [-0.3, -0.25) is 4.79 Å². The first-order valence-electron chi connectivity index (χ1n) is 17.0. The van der Waals surface area contributed by atoms with Gasteiger partial charge in [-0.25, -0.2) is 0 Å². The van der Waals surface area contributed by atoms with Gasteiger partial charge in [0.15, 0.2) is 8.32 Å². The highest BCUT2D eigenvalue weighted by molar-refractivity contribution is 6.79. The third-order valence-electron chi connectivity index (χ3n) is 9.50. The highest BCUT2D eigenvalue weighted by atomic mass is 28.5. The predicted octanol–water partition coefficient (Wildman–Crippen LogP) is 7.99. The Balaban J connectivity index is 0.000000434. The van der Waals surface area contributed by atoms with Gasteiger partial charge in [0.25, 0.3) is 0 Å². The van der Waals surface area contributed by atoms with Crippen molar-refractivity contribution in [3.05, 3.63) is 0 Å². The molecule has 3 saturated heterocycles. The van der Waals surface area contributed by atoms with Crippen molar-refractivity contribution in [2.75, 3.05) is 12.8 Å². The lowest BCUT2D eigenvalue weighted by atomic mass is 9.88. The molecule has 0 spiro atoms. The summed E-state index contributed by atoms with van der Waals surface area (Å²) in [6.07, 6.45) is 15.2. The summed E-state index contributed by atoms with van der Waals surface area (Å²) in [4.78, 5) is 12.0. The van der Waals surface area contributed by atoms with Gasteiger partial charge >= 0.3 is 23.8 Å². The molecule has 46 heavy (non-hydrogen) atoms. The fourth-order valence-electron chi connectivity index (χ4n) is 6.95. The minimum Gasteiger partial charge on any atom is -0.465 e. The second-order valence-corrected chi connectivity index (χ2v) is 29.4. The van der Waals surface area contributed by atoms with Gasteiger partial charge in [0.1, 0.15) is 0 Å². The van der Waals surface area contributed by atoms with E-state index in [0.29, 0.717) is 49.1 Å². The Kier molecular flexibility index (Phi) is 18.1. The smallest absolute Gasteiger partial charge is 0.322 e. The molecule has 0 radical (unpaired) electrons. The molecule has 274 valence electrons. The maximum atomic E-state index is 12.0. The third-order valence-corrected chi connectivity index (χ3v) is 19.5. The molecule has 0 N–H and O–H groups in total. The summed E-state index contributed by atoms with van der Waals surface area (Å²) >= 11 is 0. The molecule has 3 aliphatic heterocycles. The molecule has 10 atom stereocenters. The number of fused-ring (bicyclic) bond motifs is 3. The van der Waals surface area contributed by atoms with Crippen LogP contribution in [0.15, 0.2) is 0 Å². The zero-order valence-corrected chi connectivity index (χ0v) is 31.6. The molecule has 10 unspecified atom stereocenters. The minimum absolute atomic E-state index is 0. The van der Waals surface area contributed by atoms with Crippen molar-refractivity contribution in [3.8, 4) is 0 Å². The van der Waals surface area contributed by atoms with Gasteiger partial charge in [0.05, 0.1) is 57.9 Å².